The highest BCUT2D eigenvalue weighted by atomic mass is 32.2. The van der Waals surface area contributed by atoms with E-state index in [0.717, 1.165) is 11.3 Å². The van der Waals surface area contributed by atoms with Gasteiger partial charge in [-0.05, 0) is 67.5 Å². The molecule has 29 heavy (non-hydrogen) atoms. The van der Waals surface area contributed by atoms with Gasteiger partial charge >= 0.3 is 0 Å². The van der Waals surface area contributed by atoms with Crippen molar-refractivity contribution in [2.24, 2.45) is 0 Å². The lowest BCUT2D eigenvalue weighted by atomic mass is 10.1. The predicted octanol–water partition coefficient (Wildman–Crippen LogP) is 2.83. The highest BCUT2D eigenvalue weighted by molar-refractivity contribution is 7.89. The molecule has 0 aliphatic heterocycles. The van der Waals surface area contributed by atoms with E-state index in [2.05, 4.69) is 15.4 Å². The largest absolute Gasteiger partial charge is 0.497 e. The Morgan fingerprint density at radius 3 is 2.28 bits per heavy atom. The molecule has 0 saturated heterocycles. The highest BCUT2D eigenvalue weighted by Gasteiger charge is 2.16. The van der Waals surface area contributed by atoms with Gasteiger partial charge in [-0.3, -0.25) is 4.79 Å². The van der Waals surface area contributed by atoms with Crippen LogP contribution in [0.1, 0.15) is 25.8 Å². The van der Waals surface area contributed by atoms with Crippen LogP contribution in [-0.4, -0.2) is 32.6 Å². The minimum Gasteiger partial charge on any atom is -0.497 e. The number of benzene rings is 2. The number of carbonyl (C=O) groups is 1. The fourth-order valence-electron chi connectivity index (χ4n) is 2.40. The Hall–Kier alpha value is -2.49. The van der Waals surface area contributed by atoms with Crippen LogP contribution in [0.25, 0.3) is 0 Å². The average molecular weight is 436 g/mol. The van der Waals surface area contributed by atoms with Gasteiger partial charge in [-0.15, -0.1) is 0 Å². The number of rotatable bonds is 8. The summed E-state index contributed by atoms with van der Waals surface area (Å²) >= 11 is 5.15. The second-order valence-corrected chi connectivity index (χ2v) is 8.60. The monoisotopic (exact) mass is 435 g/mol. The first kappa shape index (κ1) is 22.8. The normalized spacial score (nSPS) is 12.1. The third-order valence-corrected chi connectivity index (χ3v) is 5.98. The number of anilines is 1. The van der Waals surface area contributed by atoms with Crippen molar-refractivity contribution in [3.05, 3.63) is 54.1 Å². The van der Waals surface area contributed by atoms with Crippen LogP contribution in [0.3, 0.4) is 0 Å². The van der Waals surface area contributed by atoms with E-state index >= 15 is 0 Å². The lowest BCUT2D eigenvalue weighted by Gasteiger charge is -2.13. The summed E-state index contributed by atoms with van der Waals surface area (Å²) in [5.74, 6) is 0.459. The molecule has 9 heteroatoms. The summed E-state index contributed by atoms with van der Waals surface area (Å²) in [5, 5.41) is 5.61. The quantitative estimate of drug-likeness (QED) is 0.552. The van der Waals surface area contributed by atoms with Crippen LogP contribution < -0.4 is 20.1 Å². The molecule has 2 aromatic carbocycles. The van der Waals surface area contributed by atoms with Gasteiger partial charge in [0.2, 0.25) is 15.9 Å². The molecule has 2 aromatic rings. The Bertz CT molecular complexity index is 943. The zero-order valence-electron chi connectivity index (χ0n) is 16.6. The van der Waals surface area contributed by atoms with Gasteiger partial charge in [-0.25, -0.2) is 13.1 Å². The number of sulfonamides is 1. The smallest absolute Gasteiger partial charge is 0.240 e. The number of thiocarbonyl (C=S) groups is 1. The number of amides is 1. The van der Waals surface area contributed by atoms with E-state index in [-0.39, 0.29) is 28.4 Å². The van der Waals surface area contributed by atoms with Crippen molar-refractivity contribution in [2.75, 3.05) is 12.4 Å². The molecule has 0 spiro atoms. The van der Waals surface area contributed by atoms with Crippen LogP contribution >= 0.6 is 12.2 Å². The molecule has 0 radical (unpaired) electrons. The van der Waals surface area contributed by atoms with E-state index in [1.54, 1.807) is 38.3 Å². The first-order valence-corrected chi connectivity index (χ1v) is 11.0. The zero-order chi connectivity index (χ0) is 21.4. The van der Waals surface area contributed by atoms with E-state index < -0.39 is 10.0 Å². The fourth-order valence-corrected chi connectivity index (χ4v) is 3.95. The molecule has 2 rings (SSSR count). The summed E-state index contributed by atoms with van der Waals surface area (Å²) in [5.41, 5.74) is 1.40. The van der Waals surface area contributed by atoms with Gasteiger partial charge in [0.15, 0.2) is 5.11 Å². The fraction of sp³-hybridized carbons (Fsp3) is 0.300. The minimum absolute atomic E-state index is 0.136. The van der Waals surface area contributed by atoms with Crippen LogP contribution in [0.5, 0.6) is 5.75 Å². The zero-order valence-corrected chi connectivity index (χ0v) is 18.2. The molecule has 1 unspecified atom stereocenters. The number of hydrogen-bond donors (Lipinski definition) is 3. The predicted molar refractivity (Wildman–Crippen MR) is 118 cm³/mol. The minimum atomic E-state index is -3.56. The Balaban J connectivity index is 1.90. The molecular weight excluding hydrogens is 410 g/mol. The van der Waals surface area contributed by atoms with Gasteiger partial charge in [-0.1, -0.05) is 19.1 Å². The lowest BCUT2D eigenvalue weighted by Crippen LogP contribution is -2.35. The molecule has 7 nitrogen and oxygen atoms in total. The molecular formula is C20H25N3O4S2. The van der Waals surface area contributed by atoms with Crippen molar-refractivity contribution < 1.29 is 17.9 Å². The highest BCUT2D eigenvalue weighted by Crippen LogP contribution is 2.15. The molecule has 156 valence electrons. The summed E-state index contributed by atoms with van der Waals surface area (Å²) in [6.45, 7) is 3.71. The summed E-state index contributed by atoms with van der Waals surface area (Å²) in [4.78, 5) is 12.3. The third kappa shape index (κ3) is 7.12. The molecule has 0 bridgehead atoms. The van der Waals surface area contributed by atoms with Crippen molar-refractivity contribution in [1.82, 2.24) is 10.0 Å². The molecule has 3 N–H and O–H groups in total. The summed E-state index contributed by atoms with van der Waals surface area (Å²) in [6, 6.07) is 13.2. The van der Waals surface area contributed by atoms with E-state index in [1.807, 2.05) is 19.1 Å². The molecule has 1 atom stereocenters. The van der Waals surface area contributed by atoms with Gasteiger partial charge in [-0.2, -0.15) is 0 Å². The summed E-state index contributed by atoms with van der Waals surface area (Å²) in [6.07, 6.45) is 0.869. The van der Waals surface area contributed by atoms with Crippen LogP contribution in [0, 0.1) is 0 Å². The molecule has 0 saturated carbocycles. The molecule has 0 fully saturated rings. The lowest BCUT2D eigenvalue weighted by molar-refractivity contribution is -0.119. The molecule has 0 aromatic heterocycles. The van der Waals surface area contributed by atoms with Gasteiger partial charge in [0, 0.05) is 11.7 Å². The van der Waals surface area contributed by atoms with Crippen molar-refractivity contribution in [1.29, 1.82) is 0 Å². The average Bonchev–Trinajstić information content (AvgIpc) is 2.68. The van der Waals surface area contributed by atoms with E-state index in [1.165, 1.54) is 12.1 Å². The summed E-state index contributed by atoms with van der Waals surface area (Å²) in [7, 11) is -1.99. The Morgan fingerprint density at radius 2 is 1.72 bits per heavy atom. The first-order chi connectivity index (χ1) is 13.7. The summed E-state index contributed by atoms with van der Waals surface area (Å²) < 4.78 is 32.2. The van der Waals surface area contributed by atoms with Gasteiger partial charge in [0.25, 0.3) is 0 Å². The number of nitrogens with one attached hydrogen (secondary N) is 3. The van der Waals surface area contributed by atoms with Crippen molar-refractivity contribution >= 4 is 38.9 Å². The van der Waals surface area contributed by atoms with Crippen molar-refractivity contribution in [2.45, 2.75) is 37.6 Å². The third-order valence-electron chi connectivity index (χ3n) is 4.17. The first-order valence-electron chi connectivity index (χ1n) is 9.09. The number of carbonyl (C=O) groups excluding carboxylic acids is 1. The van der Waals surface area contributed by atoms with Gasteiger partial charge in [0.05, 0.1) is 18.4 Å². The van der Waals surface area contributed by atoms with E-state index in [0.29, 0.717) is 12.1 Å². The van der Waals surface area contributed by atoms with Crippen LogP contribution in [0.2, 0.25) is 0 Å². The maximum atomic E-state index is 12.3. The second kappa shape index (κ2) is 10.3. The Morgan fingerprint density at radius 1 is 1.10 bits per heavy atom. The number of ether oxygens (including phenoxy) is 1. The Kier molecular flexibility index (Phi) is 8.12. The molecule has 1 amide bonds. The molecule has 0 heterocycles. The second-order valence-electron chi connectivity index (χ2n) is 6.48. The topological polar surface area (TPSA) is 96.5 Å². The standard InChI is InChI=1S/C20H25N3O4S2/c1-4-14(2)23-29(25,26)18-11-7-16(8-12-18)21-20(28)22-19(24)13-15-5-9-17(27-3)10-6-15/h5-12,14,23H,4,13H2,1-3H3,(H2,21,22,24,28). The van der Waals surface area contributed by atoms with E-state index in [9.17, 15) is 13.2 Å². The SMILES string of the molecule is CCC(C)NS(=O)(=O)c1ccc(NC(=S)NC(=O)Cc2ccc(OC)cc2)cc1. The number of methoxy groups -OCH3 is 1. The maximum Gasteiger partial charge on any atom is 0.240 e. The number of hydrogen-bond acceptors (Lipinski definition) is 5. The van der Waals surface area contributed by atoms with Crippen molar-refractivity contribution in [3.63, 3.8) is 0 Å². The maximum absolute atomic E-state index is 12.3. The van der Waals surface area contributed by atoms with E-state index in [4.69, 9.17) is 17.0 Å². The Labute approximate surface area is 176 Å². The van der Waals surface area contributed by atoms with Gasteiger partial charge < -0.3 is 15.4 Å². The van der Waals surface area contributed by atoms with Crippen LogP contribution in [0.15, 0.2) is 53.4 Å². The van der Waals surface area contributed by atoms with Crippen LogP contribution in [-0.2, 0) is 21.2 Å². The van der Waals surface area contributed by atoms with Crippen molar-refractivity contribution in [3.8, 4) is 5.75 Å². The van der Waals surface area contributed by atoms with Crippen LogP contribution in [0.4, 0.5) is 5.69 Å². The molecule has 0 aliphatic carbocycles. The van der Waals surface area contributed by atoms with Gasteiger partial charge in [0.1, 0.15) is 5.75 Å². The molecule has 0 aliphatic rings.